The van der Waals surface area contributed by atoms with Crippen LogP contribution in [0.5, 0.6) is 0 Å². The fourth-order valence-corrected chi connectivity index (χ4v) is 2.83. The van der Waals surface area contributed by atoms with Crippen molar-refractivity contribution in [3.63, 3.8) is 0 Å². The van der Waals surface area contributed by atoms with E-state index in [4.69, 9.17) is 5.73 Å². The minimum absolute atomic E-state index is 0.197. The SMILES string of the molecule is NCCCCCCC(=O)NC1CCN(c2ccccc2)C1. The molecule has 0 bridgehead atoms. The fourth-order valence-electron chi connectivity index (χ4n) is 2.83. The molecule has 1 unspecified atom stereocenters. The number of anilines is 1. The molecule has 0 saturated carbocycles. The van der Waals surface area contributed by atoms with E-state index in [1.54, 1.807) is 0 Å². The van der Waals surface area contributed by atoms with Crippen molar-refractivity contribution >= 4 is 11.6 Å². The number of nitrogens with one attached hydrogen (secondary N) is 1. The molecule has 1 aliphatic rings. The first-order chi connectivity index (χ1) is 10.3. The summed E-state index contributed by atoms with van der Waals surface area (Å²) in [5.74, 6) is 0.197. The lowest BCUT2D eigenvalue weighted by molar-refractivity contribution is -0.121. The third-order valence-electron chi connectivity index (χ3n) is 4.03. The number of unbranched alkanes of at least 4 members (excludes halogenated alkanes) is 3. The summed E-state index contributed by atoms with van der Waals surface area (Å²) in [6.45, 7) is 2.69. The molecule has 0 radical (unpaired) electrons. The minimum Gasteiger partial charge on any atom is -0.369 e. The van der Waals surface area contributed by atoms with Crippen LogP contribution in [-0.2, 0) is 4.79 Å². The van der Waals surface area contributed by atoms with Crippen molar-refractivity contribution in [3.05, 3.63) is 30.3 Å². The molecule has 1 fully saturated rings. The molecule has 0 aromatic heterocycles. The van der Waals surface area contributed by atoms with Gasteiger partial charge in [-0.05, 0) is 37.9 Å². The standard InChI is InChI=1S/C17H27N3O/c18-12-7-2-1-6-10-17(21)19-15-11-13-20(14-15)16-8-4-3-5-9-16/h3-5,8-9,15H,1-2,6-7,10-14,18H2,(H,19,21). The Kier molecular flexibility index (Phi) is 6.54. The van der Waals surface area contributed by atoms with Crippen LogP contribution in [0.3, 0.4) is 0 Å². The van der Waals surface area contributed by atoms with Crippen molar-refractivity contribution in [2.45, 2.75) is 44.6 Å². The average molecular weight is 289 g/mol. The van der Waals surface area contributed by atoms with E-state index in [0.717, 1.165) is 51.7 Å². The minimum atomic E-state index is 0.197. The molecule has 1 heterocycles. The zero-order chi connectivity index (χ0) is 14.9. The van der Waals surface area contributed by atoms with Gasteiger partial charge >= 0.3 is 0 Å². The number of rotatable bonds is 8. The summed E-state index contributed by atoms with van der Waals surface area (Å²) in [5, 5.41) is 3.16. The molecular formula is C17H27N3O. The van der Waals surface area contributed by atoms with Gasteiger partial charge in [-0.1, -0.05) is 31.0 Å². The van der Waals surface area contributed by atoms with Gasteiger partial charge < -0.3 is 16.0 Å². The van der Waals surface area contributed by atoms with Crippen LogP contribution in [0.4, 0.5) is 5.69 Å². The van der Waals surface area contributed by atoms with Crippen molar-refractivity contribution < 1.29 is 4.79 Å². The van der Waals surface area contributed by atoms with Gasteiger partial charge in [-0.2, -0.15) is 0 Å². The molecule has 3 N–H and O–H groups in total. The first kappa shape index (κ1) is 15.8. The van der Waals surface area contributed by atoms with E-state index in [0.29, 0.717) is 12.5 Å². The molecule has 2 rings (SSSR count). The van der Waals surface area contributed by atoms with Crippen molar-refractivity contribution in [3.8, 4) is 0 Å². The van der Waals surface area contributed by atoms with Gasteiger partial charge in [-0.3, -0.25) is 4.79 Å². The number of nitrogens with two attached hydrogens (primary N) is 1. The van der Waals surface area contributed by atoms with Crippen LogP contribution in [0.25, 0.3) is 0 Å². The summed E-state index contributed by atoms with van der Waals surface area (Å²) in [6.07, 6.45) is 5.96. The molecule has 1 aromatic carbocycles. The highest BCUT2D eigenvalue weighted by Crippen LogP contribution is 2.19. The molecule has 1 amide bonds. The van der Waals surface area contributed by atoms with Crippen LogP contribution in [0.2, 0.25) is 0 Å². The number of amides is 1. The molecule has 4 heteroatoms. The van der Waals surface area contributed by atoms with Crippen LogP contribution < -0.4 is 16.0 Å². The molecule has 1 saturated heterocycles. The van der Waals surface area contributed by atoms with Crippen molar-refractivity contribution in [2.24, 2.45) is 5.73 Å². The van der Waals surface area contributed by atoms with Gasteiger partial charge in [0.05, 0.1) is 0 Å². The largest absolute Gasteiger partial charge is 0.369 e. The highest BCUT2D eigenvalue weighted by Gasteiger charge is 2.23. The predicted octanol–water partition coefficient (Wildman–Crippen LogP) is 2.29. The Morgan fingerprint density at radius 3 is 2.71 bits per heavy atom. The number of carbonyl (C=O) groups is 1. The smallest absolute Gasteiger partial charge is 0.220 e. The lowest BCUT2D eigenvalue weighted by Crippen LogP contribution is -2.36. The predicted molar refractivity (Wildman–Crippen MR) is 87.3 cm³/mol. The van der Waals surface area contributed by atoms with E-state index in [9.17, 15) is 4.79 Å². The number of hydrogen-bond donors (Lipinski definition) is 2. The maximum absolute atomic E-state index is 11.9. The van der Waals surface area contributed by atoms with Crippen LogP contribution in [0, 0.1) is 0 Å². The first-order valence-corrected chi connectivity index (χ1v) is 8.09. The molecule has 0 spiro atoms. The number of carbonyl (C=O) groups excluding carboxylic acids is 1. The lowest BCUT2D eigenvalue weighted by atomic mass is 10.1. The Bertz CT molecular complexity index is 421. The monoisotopic (exact) mass is 289 g/mol. The average Bonchev–Trinajstić information content (AvgIpc) is 2.96. The first-order valence-electron chi connectivity index (χ1n) is 8.09. The van der Waals surface area contributed by atoms with Crippen molar-refractivity contribution in [2.75, 3.05) is 24.5 Å². The molecular weight excluding hydrogens is 262 g/mol. The van der Waals surface area contributed by atoms with Gasteiger partial charge in [0.25, 0.3) is 0 Å². The second-order valence-electron chi connectivity index (χ2n) is 5.79. The van der Waals surface area contributed by atoms with Gasteiger partial charge in [-0.25, -0.2) is 0 Å². The highest BCUT2D eigenvalue weighted by atomic mass is 16.1. The summed E-state index contributed by atoms with van der Waals surface area (Å²) < 4.78 is 0. The third-order valence-corrected chi connectivity index (χ3v) is 4.03. The Morgan fingerprint density at radius 1 is 1.19 bits per heavy atom. The second kappa shape index (κ2) is 8.67. The molecule has 1 atom stereocenters. The Balaban J connectivity index is 1.64. The summed E-state index contributed by atoms with van der Waals surface area (Å²) in [7, 11) is 0. The van der Waals surface area contributed by atoms with E-state index in [2.05, 4.69) is 34.5 Å². The van der Waals surface area contributed by atoms with Crippen molar-refractivity contribution in [1.82, 2.24) is 5.32 Å². The van der Waals surface area contributed by atoms with E-state index in [1.165, 1.54) is 5.69 Å². The normalized spacial score (nSPS) is 18.0. The number of nitrogens with zero attached hydrogens (tertiary/aromatic N) is 1. The molecule has 21 heavy (non-hydrogen) atoms. The van der Waals surface area contributed by atoms with E-state index < -0.39 is 0 Å². The summed E-state index contributed by atoms with van der Waals surface area (Å²) in [5.41, 5.74) is 6.70. The molecule has 116 valence electrons. The Labute approximate surface area is 127 Å². The summed E-state index contributed by atoms with van der Waals surface area (Å²) in [6, 6.07) is 10.7. The highest BCUT2D eigenvalue weighted by molar-refractivity contribution is 5.76. The maximum atomic E-state index is 11.9. The molecule has 1 aromatic rings. The van der Waals surface area contributed by atoms with E-state index in [-0.39, 0.29) is 5.91 Å². The van der Waals surface area contributed by atoms with Crippen LogP contribution >= 0.6 is 0 Å². The van der Waals surface area contributed by atoms with Gasteiger partial charge in [0.2, 0.25) is 5.91 Å². The molecule has 1 aliphatic heterocycles. The zero-order valence-electron chi connectivity index (χ0n) is 12.8. The Morgan fingerprint density at radius 2 is 1.95 bits per heavy atom. The van der Waals surface area contributed by atoms with Gasteiger partial charge in [0.1, 0.15) is 0 Å². The fraction of sp³-hybridized carbons (Fsp3) is 0.588. The summed E-state index contributed by atoms with van der Waals surface area (Å²) in [4.78, 5) is 14.3. The van der Waals surface area contributed by atoms with Crippen LogP contribution in [0.15, 0.2) is 30.3 Å². The van der Waals surface area contributed by atoms with Gasteiger partial charge in [0, 0.05) is 31.2 Å². The lowest BCUT2D eigenvalue weighted by Gasteiger charge is -2.19. The topological polar surface area (TPSA) is 58.4 Å². The quantitative estimate of drug-likeness (QED) is 0.722. The number of hydrogen-bond acceptors (Lipinski definition) is 3. The van der Waals surface area contributed by atoms with E-state index in [1.807, 2.05) is 6.07 Å². The number of para-hydroxylation sites is 1. The second-order valence-corrected chi connectivity index (χ2v) is 5.79. The van der Waals surface area contributed by atoms with Gasteiger partial charge in [0.15, 0.2) is 0 Å². The zero-order valence-corrected chi connectivity index (χ0v) is 12.8. The third kappa shape index (κ3) is 5.38. The molecule has 0 aliphatic carbocycles. The van der Waals surface area contributed by atoms with Crippen LogP contribution in [-0.4, -0.2) is 31.6 Å². The maximum Gasteiger partial charge on any atom is 0.220 e. The van der Waals surface area contributed by atoms with Crippen LogP contribution in [0.1, 0.15) is 38.5 Å². The van der Waals surface area contributed by atoms with Gasteiger partial charge in [-0.15, -0.1) is 0 Å². The summed E-state index contributed by atoms with van der Waals surface area (Å²) >= 11 is 0. The Hall–Kier alpha value is -1.55. The van der Waals surface area contributed by atoms with Crippen molar-refractivity contribution in [1.29, 1.82) is 0 Å². The number of benzene rings is 1. The van der Waals surface area contributed by atoms with E-state index >= 15 is 0 Å². The molecule has 4 nitrogen and oxygen atoms in total.